The van der Waals surface area contributed by atoms with Gasteiger partial charge in [0.1, 0.15) is 5.69 Å². The van der Waals surface area contributed by atoms with Gasteiger partial charge in [0.2, 0.25) is 0 Å². The largest absolute Gasteiger partial charge is 0.412 e. The molecule has 1 aromatic rings. The lowest BCUT2D eigenvalue weighted by Gasteiger charge is -1.97. The minimum absolute atomic E-state index is 0.447. The van der Waals surface area contributed by atoms with E-state index >= 15 is 0 Å². The molecule has 8 heteroatoms. The first kappa shape index (κ1) is 9.71. The Morgan fingerprint density at radius 1 is 1.29 bits per heavy atom. The summed E-state index contributed by atoms with van der Waals surface area (Å²) in [5.74, 6) is -1.19. The van der Waals surface area contributed by atoms with E-state index in [-0.39, 0.29) is 0 Å². The van der Waals surface area contributed by atoms with E-state index in [2.05, 4.69) is 10.5 Å². The third kappa shape index (κ3) is 2.30. The number of ether oxygens (including phenoxy) is 1. The maximum Gasteiger partial charge on any atom is 0.412 e. The number of hydrogen-bond acceptors (Lipinski definition) is 5. The Balaban J connectivity index is 3.07. The lowest BCUT2D eigenvalue weighted by Crippen LogP contribution is -2.27. The van der Waals surface area contributed by atoms with Crippen molar-refractivity contribution in [3.63, 3.8) is 0 Å². The van der Waals surface area contributed by atoms with Gasteiger partial charge < -0.3 is 15.5 Å². The Morgan fingerprint density at radius 3 is 2.43 bits per heavy atom. The van der Waals surface area contributed by atoms with Crippen molar-refractivity contribution >= 4 is 12.1 Å². The Kier molecular flexibility index (Phi) is 2.47. The fourth-order valence-corrected chi connectivity index (χ4v) is 0.725. The summed E-state index contributed by atoms with van der Waals surface area (Å²) in [7, 11) is 0. The number of esters is 1. The number of aromatic amines is 2. The van der Waals surface area contributed by atoms with Gasteiger partial charge in [-0.25, -0.2) is 14.4 Å². The fourth-order valence-electron chi connectivity index (χ4n) is 0.725. The minimum Gasteiger partial charge on any atom is -0.372 e. The van der Waals surface area contributed by atoms with Crippen LogP contribution in [0.2, 0.25) is 0 Å². The van der Waals surface area contributed by atoms with Crippen LogP contribution in [0.5, 0.6) is 0 Å². The van der Waals surface area contributed by atoms with E-state index in [1.54, 1.807) is 0 Å². The molecule has 1 amide bonds. The zero-order valence-corrected chi connectivity index (χ0v) is 6.70. The lowest BCUT2D eigenvalue weighted by molar-refractivity contribution is 0.0631. The Labute approximate surface area is 75.7 Å². The van der Waals surface area contributed by atoms with Gasteiger partial charge in [-0.1, -0.05) is 0 Å². The van der Waals surface area contributed by atoms with Gasteiger partial charge in [0.15, 0.2) is 0 Å². The van der Waals surface area contributed by atoms with Crippen LogP contribution in [-0.4, -0.2) is 22.0 Å². The molecule has 1 aromatic heterocycles. The molecule has 8 nitrogen and oxygen atoms in total. The maximum absolute atomic E-state index is 10.9. The van der Waals surface area contributed by atoms with Crippen LogP contribution >= 0.6 is 0 Å². The van der Waals surface area contributed by atoms with Gasteiger partial charge in [-0.05, 0) is 0 Å². The zero-order valence-electron chi connectivity index (χ0n) is 6.70. The van der Waals surface area contributed by atoms with Crippen molar-refractivity contribution in [2.24, 2.45) is 5.73 Å². The highest BCUT2D eigenvalue weighted by Gasteiger charge is 2.11. The molecule has 0 aliphatic heterocycles. The van der Waals surface area contributed by atoms with Gasteiger partial charge in [0.05, 0.1) is 0 Å². The molecule has 14 heavy (non-hydrogen) atoms. The smallest absolute Gasteiger partial charge is 0.372 e. The van der Waals surface area contributed by atoms with Gasteiger partial charge in [0.25, 0.3) is 5.56 Å². The van der Waals surface area contributed by atoms with E-state index in [0.29, 0.717) is 0 Å². The SMILES string of the molecule is NC(=O)OC(=O)c1cc(=O)[nH]c(=O)[nH]1. The van der Waals surface area contributed by atoms with E-state index in [9.17, 15) is 19.2 Å². The molecular weight excluding hydrogens is 194 g/mol. The van der Waals surface area contributed by atoms with Gasteiger partial charge in [-0.3, -0.25) is 9.78 Å². The third-order valence-electron chi connectivity index (χ3n) is 1.17. The average molecular weight is 199 g/mol. The number of primary amides is 1. The van der Waals surface area contributed by atoms with Crippen LogP contribution in [0.1, 0.15) is 10.5 Å². The van der Waals surface area contributed by atoms with E-state index in [4.69, 9.17) is 0 Å². The topological polar surface area (TPSA) is 135 Å². The maximum atomic E-state index is 10.9. The van der Waals surface area contributed by atoms with Gasteiger partial charge >= 0.3 is 17.8 Å². The Morgan fingerprint density at radius 2 is 1.93 bits per heavy atom. The molecule has 0 saturated heterocycles. The summed E-state index contributed by atoms with van der Waals surface area (Å²) in [5, 5.41) is 0. The highest BCUT2D eigenvalue weighted by Crippen LogP contribution is 1.90. The highest BCUT2D eigenvalue weighted by molar-refractivity contribution is 5.94. The number of H-pyrrole nitrogens is 2. The summed E-state index contributed by atoms with van der Waals surface area (Å²) >= 11 is 0. The van der Waals surface area contributed by atoms with Crippen LogP contribution in [0.15, 0.2) is 15.7 Å². The molecule has 0 aliphatic rings. The van der Waals surface area contributed by atoms with E-state index in [0.717, 1.165) is 6.07 Å². The first-order valence-corrected chi connectivity index (χ1v) is 3.34. The van der Waals surface area contributed by atoms with Crippen molar-refractivity contribution in [3.05, 3.63) is 32.6 Å². The van der Waals surface area contributed by atoms with Gasteiger partial charge in [-0.2, -0.15) is 0 Å². The molecule has 1 rings (SSSR count). The lowest BCUT2D eigenvalue weighted by atomic mass is 10.4. The Hall–Kier alpha value is -2.38. The van der Waals surface area contributed by atoms with E-state index in [1.807, 2.05) is 9.97 Å². The van der Waals surface area contributed by atoms with Crippen LogP contribution in [0.4, 0.5) is 4.79 Å². The minimum atomic E-state index is -1.32. The van der Waals surface area contributed by atoms with Crippen molar-refractivity contribution in [3.8, 4) is 0 Å². The van der Waals surface area contributed by atoms with Crippen LogP contribution in [0.3, 0.4) is 0 Å². The molecule has 0 radical (unpaired) electrons. The second kappa shape index (κ2) is 3.56. The Bertz CT molecular complexity index is 456. The number of nitrogens with one attached hydrogen (secondary N) is 2. The monoisotopic (exact) mass is 199 g/mol. The van der Waals surface area contributed by atoms with Crippen molar-refractivity contribution in [1.82, 2.24) is 9.97 Å². The average Bonchev–Trinajstić information content (AvgIpc) is 2.00. The third-order valence-corrected chi connectivity index (χ3v) is 1.17. The van der Waals surface area contributed by atoms with Crippen LogP contribution in [-0.2, 0) is 4.74 Å². The van der Waals surface area contributed by atoms with Crippen molar-refractivity contribution in [1.29, 1.82) is 0 Å². The normalized spacial score (nSPS) is 9.43. The molecule has 0 aliphatic carbocycles. The molecule has 0 aromatic carbocycles. The summed E-state index contributed by atoms with van der Waals surface area (Å²) in [6, 6.07) is 0.771. The molecular formula is C6H5N3O5. The molecule has 0 bridgehead atoms. The molecule has 4 N–H and O–H groups in total. The molecule has 0 atom stereocenters. The molecule has 0 fully saturated rings. The van der Waals surface area contributed by atoms with Crippen molar-refractivity contribution in [2.45, 2.75) is 0 Å². The summed E-state index contributed by atoms with van der Waals surface area (Å²) in [6.07, 6.45) is -1.32. The fraction of sp³-hybridized carbons (Fsp3) is 0. The van der Waals surface area contributed by atoms with Crippen molar-refractivity contribution < 1.29 is 14.3 Å². The number of nitrogens with two attached hydrogens (primary N) is 1. The molecule has 1 heterocycles. The molecule has 0 spiro atoms. The molecule has 0 saturated carbocycles. The second-order valence-electron chi connectivity index (χ2n) is 2.21. The molecule has 74 valence electrons. The zero-order chi connectivity index (χ0) is 10.7. The van der Waals surface area contributed by atoms with Gasteiger partial charge in [0, 0.05) is 6.07 Å². The first-order valence-electron chi connectivity index (χ1n) is 3.34. The number of hydrogen-bond donors (Lipinski definition) is 3. The summed E-state index contributed by atoms with van der Waals surface area (Å²) in [5.41, 5.74) is 2.43. The number of carbonyl (C=O) groups excluding carboxylic acids is 2. The van der Waals surface area contributed by atoms with Crippen LogP contribution in [0, 0.1) is 0 Å². The number of carbonyl (C=O) groups is 2. The van der Waals surface area contributed by atoms with Gasteiger partial charge in [-0.15, -0.1) is 0 Å². The van der Waals surface area contributed by atoms with E-state index in [1.165, 1.54) is 0 Å². The highest BCUT2D eigenvalue weighted by atomic mass is 16.6. The molecule has 0 unspecified atom stereocenters. The number of amides is 1. The summed E-state index contributed by atoms with van der Waals surface area (Å²) < 4.78 is 3.92. The van der Waals surface area contributed by atoms with E-state index < -0.39 is 29.0 Å². The quantitative estimate of drug-likeness (QED) is 0.366. The summed E-state index contributed by atoms with van der Waals surface area (Å²) in [6.45, 7) is 0. The first-order chi connectivity index (χ1) is 6.49. The predicted molar refractivity (Wildman–Crippen MR) is 42.7 cm³/mol. The second-order valence-corrected chi connectivity index (χ2v) is 2.21. The van der Waals surface area contributed by atoms with Crippen LogP contribution < -0.4 is 17.0 Å². The number of aromatic nitrogens is 2. The standard InChI is InChI=1S/C6H5N3O5/c7-5(12)14-4(11)2-1-3(10)9-6(13)8-2/h1H,(H2,7,12)(H2,8,9,10,13). The van der Waals surface area contributed by atoms with Crippen LogP contribution in [0.25, 0.3) is 0 Å². The number of rotatable bonds is 1. The van der Waals surface area contributed by atoms with Crippen molar-refractivity contribution in [2.75, 3.05) is 0 Å². The summed E-state index contributed by atoms with van der Waals surface area (Å²) in [4.78, 5) is 46.2. The predicted octanol–water partition coefficient (Wildman–Crippen LogP) is -1.70.